The standard InChI is InChI=1S/C26H29N3O6S/c1-18-11-12-21(13-19(18)2)29(36(31,32)22-9-7-6-8-10-22)17-25(30)28-27-16-20-14-23(33-3)26(35-5)24(15-20)34-4/h6-16H,17H2,1-5H3,(H,28,30)/b27-16+. The van der Waals surface area contributed by atoms with E-state index in [1.54, 1.807) is 42.5 Å². The van der Waals surface area contributed by atoms with Crippen LogP contribution in [0.15, 0.2) is 70.7 Å². The Morgan fingerprint density at radius 3 is 2.11 bits per heavy atom. The van der Waals surface area contributed by atoms with Gasteiger partial charge in [0.25, 0.3) is 15.9 Å². The number of methoxy groups -OCH3 is 3. The predicted octanol–water partition coefficient (Wildman–Crippen LogP) is 3.67. The Balaban J connectivity index is 1.85. The van der Waals surface area contributed by atoms with Gasteiger partial charge in [0.05, 0.1) is 38.1 Å². The van der Waals surface area contributed by atoms with E-state index >= 15 is 0 Å². The minimum Gasteiger partial charge on any atom is -0.493 e. The van der Waals surface area contributed by atoms with Gasteiger partial charge in [-0.2, -0.15) is 5.10 Å². The van der Waals surface area contributed by atoms with Crippen LogP contribution in [0.1, 0.15) is 16.7 Å². The number of amides is 1. The molecule has 0 heterocycles. The number of anilines is 1. The molecule has 0 bridgehead atoms. The van der Waals surface area contributed by atoms with Gasteiger partial charge in [0.1, 0.15) is 6.54 Å². The summed E-state index contributed by atoms with van der Waals surface area (Å²) in [6.45, 7) is 3.35. The van der Waals surface area contributed by atoms with Gasteiger partial charge in [-0.15, -0.1) is 0 Å². The highest BCUT2D eigenvalue weighted by molar-refractivity contribution is 7.92. The quantitative estimate of drug-likeness (QED) is 0.329. The number of hydrogen-bond donors (Lipinski definition) is 1. The topological polar surface area (TPSA) is 107 Å². The van der Waals surface area contributed by atoms with Gasteiger partial charge >= 0.3 is 0 Å². The van der Waals surface area contributed by atoms with Gasteiger partial charge in [-0.1, -0.05) is 24.3 Å². The monoisotopic (exact) mass is 511 g/mol. The van der Waals surface area contributed by atoms with Gasteiger partial charge in [0.2, 0.25) is 5.75 Å². The molecule has 3 aromatic carbocycles. The number of ether oxygens (including phenoxy) is 3. The first-order valence-corrected chi connectivity index (χ1v) is 12.4. The fourth-order valence-electron chi connectivity index (χ4n) is 3.44. The Morgan fingerprint density at radius 2 is 1.56 bits per heavy atom. The SMILES string of the molecule is COc1cc(/C=N/NC(=O)CN(c2ccc(C)c(C)c2)S(=O)(=O)c2ccccc2)cc(OC)c1OC. The minimum absolute atomic E-state index is 0.0805. The van der Waals surface area contributed by atoms with Crippen molar-refractivity contribution >= 4 is 27.8 Å². The average Bonchev–Trinajstić information content (AvgIpc) is 2.88. The molecule has 190 valence electrons. The van der Waals surface area contributed by atoms with Gasteiger partial charge in [-0.25, -0.2) is 13.8 Å². The van der Waals surface area contributed by atoms with E-state index in [0.29, 0.717) is 28.5 Å². The van der Waals surface area contributed by atoms with Crippen molar-refractivity contribution in [2.45, 2.75) is 18.7 Å². The van der Waals surface area contributed by atoms with Crippen molar-refractivity contribution in [2.75, 3.05) is 32.2 Å². The molecule has 0 aromatic heterocycles. The molecule has 0 spiro atoms. The summed E-state index contributed by atoms with van der Waals surface area (Å²) in [5.41, 5.74) is 5.27. The van der Waals surface area contributed by atoms with Crippen molar-refractivity contribution in [3.8, 4) is 17.2 Å². The molecule has 3 rings (SSSR count). The van der Waals surface area contributed by atoms with Crippen LogP contribution in [-0.2, 0) is 14.8 Å². The lowest BCUT2D eigenvalue weighted by Gasteiger charge is -2.24. The Morgan fingerprint density at radius 1 is 0.917 bits per heavy atom. The summed E-state index contributed by atoms with van der Waals surface area (Å²) < 4.78 is 43.9. The lowest BCUT2D eigenvalue weighted by molar-refractivity contribution is -0.119. The summed E-state index contributed by atoms with van der Waals surface area (Å²) >= 11 is 0. The van der Waals surface area contributed by atoms with E-state index in [4.69, 9.17) is 14.2 Å². The van der Waals surface area contributed by atoms with Gasteiger partial charge in [0.15, 0.2) is 11.5 Å². The second-order valence-electron chi connectivity index (χ2n) is 7.85. The zero-order valence-corrected chi connectivity index (χ0v) is 21.6. The van der Waals surface area contributed by atoms with Crippen molar-refractivity contribution in [3.05, 3.63) is 77.4 Å². The molecule has 9 nitrogen and oxygen atoms in total. The van der Waals surface area contributed by atoms with Crippen LogP contribution in [0, 0.1) is 13.8 Å². The Kier molecular flexibility index (Phi) is 8.55. The maximum atomic E-state index is 13.4. The molecule has 0 saturated heterocycles. The van der Waals surface area contributed by atoms with Crippen LogP contribution in [-0.4, -0.2) is 48.4 Å². The average molecular weight is 512 g/mol. The summed E-state index contributed by atoms with van der Waals surface area (Å²) in [5.74, 6) is 0.673. The largest absolute Gasteiger partial charge is 0.493 e. The number of sulfonamides is 1. The van der Waals surface area contributed by atoms with Crippen molar-refractivity contribution in [2.24, 2.45) is 5.10 Å². The third-order valence-electron chi connectivity index (χ3n) is 5.49. The van der Waals surface area contributed by atoms with E-state index in [-0.39, 0.29) is 4.90 Å². The molecule has 1 amide bonds. The van der Waals surface area contributed by atoms with Crippen LogP contribution >= 0.6 is 0 Å². The van der Waals surface area contributed by atoms with Crippen LogP contribution in [0.2, 0.25) is 0 Å². The number of carbonyl (C=O) groups is 1. The van der Waals surface area contributed by atoms with Crippen LogP contribution in [0.4, 0.5) is 5.69 Å². The summed E-state index contributed by atoms with van der Waals surface area (Å²) in [6.07, 6.45) is 1.40. The van der Waals surface area contributed by atoms with E-state index in [9.17, 15) is 13.2 Å². The Bertz CT molecular complexity index is 1330. The summed E-state index contributed by atoms with van der Waals surface area (Å²) in [7, 11) is 0.480. The summed E-state index contributed by atoms with van der Waals surface area (Å²) in [5, 5.41) is 3.98. The second-order valence-corrected chi connectivity index (χ2v) is 9.71. The highest BCUT2D eigenvalue weighted by Crippen LogP contribution is 2.37. The van der Waals surface area contributed by atoms with Crippen molar-refractivity contribution in [1.82, 2.24) is 5.43 Å². The predicted molar refractivity (Wildman–Crippen MR) is 139 cm³/mol. The van der Waals surface area contributed by atoms with Gasteiger partial charge in [-0.05, 0) is 61.4 Å². The van der Waals surface area contributed by atoms with Gasteiger partial charge in [-0.3, -0.25) is 9.10 Å². The maximum absolute atomic E-state index is 13.4. The van der Waals surface area contributed by atoms with Crippen molar-refractivity contribution in [3.63, 3.8) is 0 Å². The summed E-state index contributed by atoms with van der Waals surface area (Å²) in [4.78, 5) is 12.9. The fraction of sp³-hybridized carbons (Fsp3) is 0.231. The number of hydrogen-bond acceptors (Lipinski definition) is 7. The van der Waals surface area contributed by atoms with Gasteiger partial charge < -0.3 is 14.2 Å². The smallest absolute Gasteiger partial charge is 0.264 e. The number of rotatable bonds is 10. The van der Waals surface area contributed by atoms with E-state index < -0.39 is 22.5 Å². The number of aryl methyl sites for hydroxylation is 2. The van der Waals surface area contributed by atoms with Gasteiger partial charge in [0, 0.05) is 5.56 Å². The molecule has 0 aliphatic heterocycles. The zero-order chi connectivity index (χ0) is 26.3. The second kappa shape index (κ2) is 11.6. The lowest BCUT2D eigenvalue weighted by Crippen LogP contribution is -2.39. The molecular formula is C26H29N3O6S. The first kappa shape index (κ1) is 26.6. The lowest BCUT2D eigenvalue weighted by atomic mass is 10.1. The number of hydrazone groups is 1. The first-order valence-electron chi connectivity index (χ1n) is 11.0. The van der Waals surface area contributed by atoms with Crippen molar-refractivity contribution in [1.29, 1.82) is 0 Å². The van der Waals surface area contributed by atoms with Crippen LogP contribution in [0.25, 0.3) is 0 Å². The molecule has 36 heavy (non-hydrogen) atoms. The number of benzene rings is 3. The van der Waals surface area contributed by atoms with Crippen LogP contribution < -0.4 is 23.9 Å². The van der Waals surface area contributed by atoms with E-state index in [1.807, 2.05) is 19.9 Å². The Hall–Kier alpha value is -4.05. The molecule has 0 atom stereocenters. The zero-order valence-electron chi connectivity index (χ0n) is 20.8. The Labute approximate surface area is 211 Å². The molecule has 0 fully saturated rings. The molecular weight excluding hydrogens is 482 g/mol. The molecule has 0 radical (unpaired) electrons. The highest BCUT2D eigenvalue weighted by atomic mass is 32.2. The van der Waals surface area contributed by atoms with Crippen LogP contribution in [0.3, 0.4) is 0 Å². The molecule has 10 heteroatoms. The van der Waals surface area contributed by atoms with E-state index in [0.717, 1.165) is 15.4 Å². The molecule has 0 aliphatic rings. The maximum Gasteiger partial charge on any atom is 0.264 e. The number of carbonyl (C=O) groups excluding carboxylic acids is 1. The van der Waals surface area contributed by atoms with E-state index in [2.05, 4.69) is 10.5 Å². The molecule has 0 saturated carbocycles. The first-order chi connectivity index (χ1) is 17.2. The van der Waals surface area contributed by atoms with Crippen LogP contribution in [0.5, 0.6) is 17.2 Å². The molecule has 0 unspecified atom stereocenters. The summed E-state index contributed by atoms with van der Waals surface area (Å²) in [6, 6.07) is 16.5. The molecule has 0 aliphatic carbocycles. The van der Waals surface area contributed by atoms with Crippen molar-refractivity contribution < 1.29 is 27.4 Å². The number of nitrogens with zero attached hydrogens (tertiary/aromatic N) is 2. The third kappa shape index (κ3) is 5.95. The van der Waals surface area contributed by atoms with E-state index in [1.165, 1.54) is 39.7 Å². The highest BCUT2D eigenvalue weighted by Gasteiger charge is 2.27. The minimum atomic E-state index is -4.01. The third-order valence-corrected chi connectivity index (χ3v) is 7.27. The normalized spacial score (nSPS) is 11.2. The number of nitrogens with one attached hydrogen (secondary N) is 1. The fourth-order valence-corrected chi connectivity index (χ4v) is 4.87. The molecule has 3 aromatic rings. The molecule has 1 N–H and O–H groups in total.